The highest BCUT2D eigenvalue weighted by molar-refractivity contribution is 6.43. The molecule has 0 saturated carbocycles. The van der Waals surface area contributed by atoms with Gasteiger partial charge in [-0.1, -0.05) is 29.3 Å². The predicted octanol–water partition coefficient (Wildman–Crippen LogP) is 2.72. The minimum Gasteiger partial charge on any atom is -0.466 e. The fourth-order valence-corrected chi connectivity index (χ4v) is 1.72. The third-order valence-corrected chi connectivity index (χ3v) is 3.01. The van der Waals surface area contributed by atoms with E-state index in [1.165, 1.54) is 0 Å². The molecule has 18 heavy (non-hydrogen) atoms. The Labute approximate surface area is 116 Å². The normalized spacial score (nSPS) is 12.0. The van der Waals surface area contributed by atoms with Crippen LogP contribution in [0.2, 0.25) is 10.0 Å². The molecule has 6 heteroatoms. The van der Waals surface area contributed by atoms with Gasteiger partial charge < -0.3 is 15.2 Å². The molecule has 1 atom stereocenters. The maximum atomic E-state index is 11.1. The molecule has 0 saturated heterocycles. The molecule has 1 rings (SSSR count). The summed E-state index contributed by atoms with van der Waals surface area (Å²) in [4.78, 5) is 11.1. The Bertz CT molecular complexity index is 412. The molecule has 0 radical (unpaired) electrons. The van der Waals surface area contributed by atoms with E-state index in [0.29, 0.717) is 22.3 Å². The first-order valence-electron chi connectivity index (χ1n) is 5.56. The number of ether oxygens (including phenoxy) is 1. The minimum absolute atomic E-state index is 0.0565. The van der Waals surface area contributed by atoms with Crippen LogP contribution in [0.1, 0.15) is 13.3 Å². The second kappa shape index (κ2) is 7.46. The Balaban J connectivity index is 2.45. The SMILES string of the molecule is CCOC(=O)CC(O)CNc1cccc(Cl)c1Cl. The van der Waals surface area contributed by atoms with Gasteiger partial charge in [0.1, 0.15) is 0 Å². The summed E-state index contributed by atoms with van der Waals surface area (Å²) in [5.41, 5.74) is 0.618. The number of hydrogen-bond acceptors (Lipinski definition) is 4. The number of aliphatic hydroxyl groups excluding tert-OH is 1. The Kier molecular flexibility index (Phi) is 6.25. The number of benzene rings is 1. The van der Waals surface area contributed by atoms with Gasteiger partial charge in [0.15, 0.2) is 0 Å². The summed E-state index contributed by atoms with van der Waals surface area (Å²) >= 11 is 11.8. The number of nitrogens with one attached hydrogen (secondary N) is 1. The second-order valence-corrected chi connectivity index (χ2v) is 4.43. The molecule has 0 fully saturated rings. The van der Waals surface area contributed by atoms with E-state index in [4.69, 9.17) is 27.9 Å². The van der Waals surface area contributed by atoms with E-state index in [9.17, 15) is 9.90 Å². The van der Waals surface area contributed by atoms with Gasteiger partial charge in [0.2, 0.25) is 0 Å². The Hall–Kier alpha value is -0.970. The van der Waals surface area contributed by atoms with Crippen molar-refractivity contribution in [3.05, 3.63) is 28.2 Å². The van der Waals surface area contributed by atoms with Gasteiger partial charge in [0, 0.05) is 6.54 Å². The lowest BCUT2D eigenvalue weighted by Gasteiger charge is -2.13. The third kappa shape index (κ3) is 4.72. The predicted molar refractivity (Wildman–Crippen MR) is 72.2 cm³/mol. The van der Waals surface area contributed by atoms with E-state index < -0.39 is 12.1 Å². The van der Waals surface area contributed by atoms with Crippen molar-refractivity contribution in [1.29, 1.82) is 0 Å². The average molecular weight is 292 g/mol. The third-order valence-electron chi connectivity index (χ3n) is 2.19. The number of rotatable bonds is 6. The molecule has 0 bridgehead atoms. The molecule has 0 aliphatic carbocycles. The standard InChI is InChI=1S/C12H15Cl2NO3/c1-2-18-11(17)6-8(16)7-15-10-5-3-4-9(13)12(10)14/h3-5,8,15-16H,2,6-7H2,1H3. The fourth-order valence-electron chi connectivity index (χ4n) is 1.35. The van der Waals surface area contributed by atoms with E-state index >= 15 is 0 Å². The van der Waals surface area contributed by atoms with Gasteiger partial charge in [-0.2, -0.15) is 0 Å². The molecule has 1 unspecified atom stereocenters. The first-order valence-corrected chi connectivity index (χ1v) is 6.31. The van der Waals surface area contributed by atoms with Gasteiger partial charge in [-0.25, -0.2) is 0 Å². The van der Waals surface area contributed by atoms with Gasteiger partial charge in [0.25, 0.3) is 0 Å². The first kappa shape index (κ1) is 15.1. The highest BCUT2D eigenvalue weighted by Gasteiger charge is 2.12. The number of hydrogen-bond donors (Lipinski definition) is 2. The van der Waals surface area contributed by atoms with E-state index in [1.807, 2.05) is 0 Å². The van der Waals surface area contributed by atoms with Crippen LogP contribution >= 0.6 is 23.2 Å². The van der Waals surface area contributed by atoms with Crippen LogP contribution in [0.4, 0.5) is 5.69 Å². The largest absolute Gasteiger partial charge is 0.466 e. The number of aliphatic hydroxyl groups is 1. The van der Waals surface area contributed by atoms with Crippen LogP contribution in [0, 0.1) is 0 Å². The van der Waals surface area contributed by atoms with Crippen molar-refractivity contribution < 1.29 is 14.6 Å². The maximum absolute atomic E-state index is 11.1. The van der Waals surface area contributed by atoms with Crippen molar-refractivity contribution in [3.63, 3.8) is 0 Å². The monoisotopic (exact) mass is 291 g/mol. The molecular weight excluding hydrogens is 277 g/mol. The topological polar surface area (TPSA) is 58.6 Å². The van der Waals surface area contributed by atoms with Crippen molar-refractivity contribution in [3.8, 4) is 0 Å². The van der Waals surface area contributed by atoms with Crippen molar-refractivity contribution in [2.24, 2.45) is 0 Å². The van der Waals surface area contributed by atoms with Crippen molar-refractivity contribution in [1.82, 2.24) is 0 Å². The molecule has 0 aliphatic heterocycles. The molecule has 0 spiro atoms. The molecule has 2 N–H and O–H groups in total. The van der Waals surface area contributed by atoms with Gasteiger partial charge in [-0.05, 0) is 19.1 Å². The van der Waals surface area contributed by atoms with Crippen LogP contribution in [-0.4, -0.2) is 30.3 Å². The lowest BCUT2D eigenvalue weighted by atomic mass is 10.2. The quantitative estimate of drug-likeness (QED) is 0.791. The van der Waals surface area contributed by atoms with Crippen LogP contribution in [0.3, 0.4) is 0 Å². The fraction of sp³-hybridized carbons (Fsp3) is 0.417. The molecule has 0 amide bonds. The van der Waals surface area contributed by atoms with Crippen molar-refractivity contribution >= 4 is 34.9 Å². The van der Waals surface area contributed by atoms with Crippen LogP contribution in [0.25, 0.3) is 0 Å². The summed E-state index contributed by atoms with van der Waals surface area (Å²) in [5.74, 6) is -0.427. The summed E-state index contributed by atoms with van der Waals surface area (Å²) < 4.78 is 4.73. The molecular formula is C12H15Cl2NO3. The summed E-state index contributed by atoms with van der Waals surface area (Å²) in [6.45, 7) is 2.21. The average Bonchev–Trinajstić information content (AvgIpc) is 2.31. The van der Waals surface area contributed by atoms with Crippen LogP contribution in [0.5, 0.6) is 0 Å². The van der Waals surface area contributed by atoms with Gasteiger partial charge in [0.05, 0.1) is 34.9 Å². The van der Waals surface area contributed by atoms with Gasteiger partial charge in [-0.3, -0.25) is 4.79 Å². The smallest absolute Gasteiger partial charge is 0.308 e. The first-order chi connectivity index (χ1) is 8.54. The lowest BCUT2D eigenvalue weighted by Crippen LogP contribution is -2.24. The highest BCUT2D eigenvalue weighted by Crippen LogP contribution is 2.29. The highest BCUT2D eigenvalue weighted by atomic mass is 35.5. The zero-order valence-corrected chi connectivity index (χ0v) is 11.5. The van der Waals surface area contributed by atoms with Crippen LogP contribution < -0.4 is 5.32 Å². The van der Waals surface area contributed by atoms with Gasteiger partial charge in [-0.15, -0.1) is 0 Å². The van der Waals surface area contributed by atoms with Crippen molar-refractivity contribution in [2.75, 3.05) is 18.5 Å². The number of halogens is 2. The Morgan fingerprint density at radius 1 is 1.50 bits per heavy atom. The van der Waals surface area contributed by atoms with Gasteiger partial charge >= 0.3 is 5.97 Å². The summed E-state index contributed by atoms with van der Waals surface area (Å²) in [6, 6.07) is 5.16. The zero-order chi connectivity index (χ0) is 13.5. The van der Waals surface area contributed by atoms with E-state index in [-0.39, 0.29) is 13.0 Å². The van der Waals surface area contributed by atoms with Crippen molar-refractivity contribution in [2.45, 2.75) is 19.4 Å². The summed E-state index contributed by atoms with van der Waals surface area (Å²) in [7, 11) is 0. The molecule has 0 aromatic heterocycles. The molecule has 1 aromatic carbocycles. The molecule has 1 aromatic rings. The van der Waals surface area contributed by atoms with Crippen LogP contribution in [-0.2, 0) is 9.53 Å². The maximum Gasteiger partial charge on any atom is 0.308 e. The molecule has 100 valence electrons. The van der Waals surface area contributed by atoms with E-state index in [2.05, 4.69) is 5.32 Å². The number of carbonyl (C=O) groups is 1. The van der Waals surface area contributed by atoms with Crippen LogP contribution in [0.15, 0.2) is 18.2 Å². The van der Waals surface area contributed by atoms with E-state index in [1.54, 1.807) is 25.1 Å². The molecule has 0 aliphatic rings. The molecule has 0 heterocycles. The number of esters is 1. The Morgan fingerprint density at radius 3 is 2.89 bits per heavy atom. The lowest BCUT2D eigenvalue weighted by molar-refractivity contribution is -0.145. The minimum atomic E-state index is -0.834. The summed E-state index contributed by atoms with van der Waals surface area (Å²) in [6.07, 6.45) is -0.891. The number of carbonyl (C=O) groups excluding carboxylic acids is 1. The Morgan fingerprint density at radius 2 is 2.22 bits per heavy atom. The van der Waals surface area contributed by atoms with E-state index in [0.717, 1.165) is 0 Å². The zero-order valence-electron chi connectivity index (χ0n) is 9.95. The number of anilines is 1. The summed E-state index contributed by atoms with van der Waals surface area (Å²) in [5, 5.41) is 13.4. The molecule has 4 nitrogen and oxygen atoms in total. The second-order valence-electron chi connectivity index (χ2n) is 3.65.